The van der Waals surface area contributed by atoms with E-state index in [2.05, 4.69) is 20.6 Å². The monoisotopic (exact) mass is 394 g/mol. The minimum Gasteiger partial charge on any atom is -0.376 e. The fourth-order valence-electron chi connectivity index (χ4n) is 2.69. The van der Waals surface area contributed by atoms with Gasteiger partial charge in [-0.2, -0.15) is 0 Å². The van der Waals surface area contributed by atoms with Gasteiger partial charge in [-0.3, -0.25) is 4.79 Å². The van der Waals surface area contributed by atoms with E-state index in [0.717, 1.165) is 31.4 Å². The summed E-state index contributed by atoms with van der Waals surface area (Å²) in [5.41, 5.74) is 1.29. The first kappa shape index (κ1) is 18.9. The van der Waals surface area contributed by atoms with Crippen molar-refractivity contribution in [3.05, 3.63) is 51.9 Å². The van der Waals surface area contributed by atoms with Crippen LogP contribution in [0.5, 0.6) is 0 Å². The Hall–Kier alpha value is -1.89. The Balaban J connectivity index is 1.45. The largest absolute Gasteiger partial charge is 0.376 e. The molecule has 0 bridgehead atoms. The van der Waals surface area contributed by atoms with Gasteiger partial charge < -0.3 is 15.4 Å². The molecule has 1 unspecified atom stereocenters. The molecule has 0 aliphatic carbocycles. The summed E-state index contributed by atoms with van der Waals surface area (Å²) >= 11 is 12.0. The number of nitrogens with one attached hydrogen (secondary N) is 2. The molecule has 1 amide bonds. The molecule has 138 valence electrons. The van der Waals surface area contributed by atoms with Crippen LogP contribution in [-0.4, -0.2) is 41.7 Å². The van der Waals surface area contributed by atoms with E-state index in [1.165, 1.54) is 6.20 Å². The maximum Gasteiger partial charge on any atom is 0.271 e. The van der Waals surface area contributed by atoms with E-state index in [4.69, 9.17) is 27.9 Å². The molecule has 1 saturated heterocycles. The SMILES string of the molecule is O=C(NCC1CCCO1)c1cnc(NCCc2ccc(Cl)cc2Cl)cn1. The minimum atomic E-state index is -0.243. The Morgan fingerprint density at radius 3 is 2.85 bits per heavy atom. The maximum atomic E-state index is 12.1. The Morgan fingerprint density at radius 2 is 2.15 bits per heavy atom. The van der Waals surface area contributed by atoms with Crippen LogP contribution in [0.4, 0.5) is 5.82 Å². The van der Waals surface area contributed by atoms with E-state index in [1.54, 1.807) is 12.3 Å². The van der Waals surface area contributed by atoms with Crippen molar-refractivity contribution >= 4 is 34.9 Å². The molecule has 0 spiro atoms. The summed E-state index contributed by atoms with van der Waals surface area (Å²) in [5.74, 6) is 0.359. The lowest BCUT2D eigenvalue weighted by molar-refractivity contribution is 0.0853. The Kier molecular flexibility index (Phi) is 6.66. The molecule has 0 radical (unpaired) electrons. The van der Waals surface area contributed by atoms with Gasteiger partial charge in [0.05, 0.1) is 18.5 Å². The molecule has 1 aromatic heterocycles. The van der Waals surface area contributed by atoms with Gasteiger partial charge in [-0.05, 0) is 37.0 Å². The molecule has 1 aromatic carbocycles. The highest BCUT2D eigenvalue weighted by Gasteiger charge is 2.17. The highest BCUT2D eigenvalue weighted by Crippen LogP contribution is 2.21. The smallest absolute Gasteiger partial charge is 0.271 e. The van der Waals surface area contributed by atoms with Gasteiger partial charge in [0.25, 0.3) is 5.91 Å². The van der Waals surface area contributed by atoms with Crippen molar-refractivity contribution < 1.29 is 9.53 Å². The number of nitrogens with zero attached hydrogens (tertiary/aromatic N) is 2. The second-order valence-electron chi connectivity index (χ2n) is 6.04. The predicted molar refractivity (Wildman–Crippen MR) is 102 cm³/mol. The van der Waals surface area contributed by atoms with E-state index >= 15 is 0 Å². The van der Waals surface area contributed by atoms with Crippen molar-refractivity contribution in [1.82, 2.24) is 15.3 Å². The van der Waals surface area contributed by atoms with Crippen molar-refractivity contribution in [3.63, 3.8) is 0 Å². The average molecular weight is 395 g/mol. The molecule has 0 saturated carbocycles. The van der Waals surface area contributed by atoms with Gasteiger partial charge in [0.1, 0.15) is 11.5 Å². The number of aromatic nitrogens is 2. The zero-order chi connectivity index (χ0) is 18.4. The van der Waals surface area contributed by atoms with E-state index < -0.39 is 0 Å². The first-order valence-corrected chi connectivity index (χ1v) is 9.27. The molecule has 3 rings (SSSR count). The second kappa shape index (κ2) is 9.16. The second-order valence-corrected chi connectivity index (χ2v) is 6.89. The molecule has 1 atom stereocenters. The van der Waals surface area contributed by atoms with Crippen molar-refractivity contribution in [2.45, 2.75) is 25.4 Å². The summed E-state index contributed by atoms with van der Waals surface area (Å²) in [6.45, 7) is 1.91. The number of anilines is 1. The van der Waals surface area contributed by atoms with E-state index in [-0.39, 0.29) is 17.7 Å². The van der Waals surface area contributed by atoms with Crippen LogP contribution < -0.4 is 10.6 Å². The van der Waals surface area contributed by atoms with Crippen molar-refractivity contribution in [2.75, 3.05) is 25.0 Å². The van der Waals surface area contributed by atoms with Gasteiger partial charge in [0.15, 0.2) is 0 Å². The molecular weight excluding hydrogens is 375 g/mol. The topological polar surface area (TPSA) is 76.1 Å². The molecule has 2 heterocycles. The third-order valence-electron chi connectivity index (χ3n) is 4.11. The minimum absolute atomic E-state index is 0.104. The summed E-state index contributed by atoms with van der Waals surface area (Å²) in [5, 5.41) is 7.24. The Morgan fingerprint density at radius 1 is 1.27 bits per heavy atom. The zero-order valence-electron chi connectivity index (χ0n) is 14.2. The van der Waals surface area contributed by atoms with Gasteiger partial charge in [-0.25, -0.2) is 9.97 Å². The number of amides is 1. The van der Waals surface area contributed by atoms with E-state index in [9.17, 15) is 4.79 Å². The third-order valence-corrected chi connectivity index (χ3v) is 4.70. The molecule has 2 aromatic rings. The predicted octanol–water partition coefficient (Wildman–Crippen LogP) is 3.35. The van der Waals surface area contributed by atoms with Gasteiger partial charge in [0.2, 0.25) is 0 Å². The lowest BCUT2D eigenvalue weighted by atomic mass is 10.1. The lowest BCUT2D eigenvalue weighted by Gasteiger charge is -2.10. The molecular formula is C18H20Cl2N4O2. The Bertz CT molecular complexity index is 749. The summed E-state index contributed by atoms with van der Waals surface area (Å²) in [4.78, 5) is 20.4. The van der Waals surface area contributed by atoms with Gasteiger partial charge in [-0.1, -0.05) is 29.3 Å². The number of benzene rings is 1. The maximum absolute atomic E-state index is 12.1. The fourth-order valence-corrected chi connectivity index (χ4v) is 3.19. The normalized spacial score (nSPS) is 16.5. The van der Waals surface area contributed by atoms with Crippen LogP contribution in [0.3, 0.4) is 0 Å². The van der Waals surface area contributed by atoms with Crippen molar-refractivity contribution in [3.8, 4) is 0 Å². The standard InChI is InChI=1S/C18H20Cl2N4O2/c19-13-4-3-12(15(20)8-13)5-6-21-17-11-22-16(10-23-17)18(25)24-9-14-2-1-7-26-14/h3-4,8,10-11,14H,1-2,5-7,9H2,(H,21,23)(H,24,25). The molecule has 1 aliphatic rings. The number of halogens is 2. The molecule has 1 aliphatic heterocycles. The third kappa shape index (κ3) is 5.30. The number of carbonyl (C=O) groups excluding carboxylic acids is 1. The molecule has 26 heavy (non-hydrogen) atoms. The van der Waals surface area contributed by atoms with Crippen LogP contribution in [0.25, 0.3) is 0 Å². The molecule has 6 nitrogen and oxygen atoms in total. The first-order chi connectivity index (χ1) is 12.6. The molecule has 2 N–H and O–H groups in total. The van der Waals surface area contributed by atoms with Crippen LogP contribution in [0.15, 0.2) is 30.6 Å². The van der Waals surface area contributed by atoms with Gasteiger partial charge in [0, 0.05) is 29.7 Å². The Labute approximate surface area is 162 Å². The zero-order valence-corrected chi connectivity index (χ0v) is 15.7. The van der Waals surface area contributed by atoms with Gasteiger partial charge in [-0.15, -0.1) is 0 Å². The van der Waals surface area contributed by atoms with Crippen LogP contribution in [0.1, 0.15) is 28.9 Å². The number of hydrogen-bond donors (Lipinski definition) is 2. The van der Waals surface area contributed by atoms with E-state index in [0.29, 0.717) is 29.0 Å². The fraction of sp³-hybridized carbons (Fsp3) is 0.389. The van der Waals surface area contributed by atoms with Gasteiger partial charge >= 0.3 is 0 Å². The molecule has 1 fully saturated rings. The highest BCUT2D eigenvalue weighted by molar-refractivity contribution is 6.35. The average Bonchev–Trinajstić information content (AvgIpc) is 3.16. The number of carbonyl (C=O) groups is 1. The van der Waals surface area contributed by atoms with Crippen molar-refractivity contribution in [2.24, 2.45) is 0 Å². The van der Waals surface area contributed by atoms with Crippen LogP contribution in [-0.2, 0) is 11.2 Å². The molecule has 8 heteroatoms. The van der Waals surface area contributed by atoms with Crippen LogP contribution in [0, 0.1) is 0 Å². The van der Waals surface area contributed by atoms with Crippen LogP contribution in [0.2, 0.25) is 10.0 Å². The van der Waals surface area contributed by atoms with E-state index in [1.807, 2.05) is 12.1 Å². The first-order valence-electron chi connectivity index (χ1n) is 8.51. The number of hydrogen-bond acceptors (Lipinski definition) is 5. The highest BCUT2D eigenvalue weighted by atomic mass is 35.5. The lowest BCUT2D eigenvalue weighted by Crippen LogP contribution is -2.32. The van der Waals surface area contributed by atoms with Crippen molar-refractivity contribution in [1.29, 1.82) is 0 Å². The summed E-state index contributed by atoms with van der Waals surface area (Å²) < 4.78 is 5.48. The summed E-state index contributed by atoms with van der Waals surface area (Å²) in [7, 11) is 0. The number of rotatable bonds is 7. The number of ether oxygens (including phenoxy) is 1. The van der Waals surface area contributed by atoms with Crippen LogP contribution >= 0.6 is 23.2 Å². The summed E-state index contributed by atoms with van der Waals surface area (Å²) in [6.07, 6.45) is 5.86. The summed E-state index contributed by atoms with van der Waals surface area (Å²) in [6, 6.07) is 5.44. The quantitative estimate of drug-likeness (QED) is 0.752.